The van der Waals surface area contributed by atoms with Crippen molar-refractivity contribution in [2.45, 2.75) is 18.6 Å². The average Bonchev–Trinajstić information content (AvgIpc) is 2.80. The smallest absolute Gasteiger partial charge is 0.305 e. The molecule has 0 spiro atoms. The van der Waals surface area contributed by atoms with Crippen LogP contribution in [0.2, 0.25) is 10.0 Å². The number of nitrogens with one attached hydrogen (secondary N) is 4. The molecular weight excluding hydrogens is 520 g/mol. The van der Waals surface area contributed by atoms with Crippen LogP contribution in [0.1, 0.15) is 28.4 Å². The lowest BCUT2D eigenvalue weighted by Gasteiger charge is -2.20. The molecule has 1 heterocycles. The van der Waals surface area contributed by atoms with Crippen molar-refractivity contribution >= 4 is 52.6 Å². The largest absolute Gasteiger partial charge is 0.508 e. The van der Waals surface area contributed by atoms with Crippen LogP contribution in [0.4, 0.5) is 10.1 Å². The first-order valence-corrected chi connectivity index (χ1v) is 11.3. The van der Waals surface area contributed by atoms with Crippen LogP contribution in [-0.4, -0.2) is 64.9 Å². The molecule has 1 aliphatic heterocycles. The summed E-state index contributed by atoms with van der Waals surface area (Å²) in [6.45, 7) is -0.512. The molecule has 0 aliphatic carbocycles. The predicted octanol–water partition coefficient (Wildman–Crippen LogP) is 2.18. The molecule has 192 valence electrons. The number of rotatable bonds is 8. The lowest BCUT2D eigenvalue weighted by atomic mass is 10.0. The second-order valence-electron chi connectivity index (χ2n) is 7.79. The first-order chi connectivity index (χ1) is 17.0. The Morgan fingerprint density at radius 1 is 1.17 bits per heavy atom. The van der Waals surface area contributed by atoms with E-state index >= 15 is 0 Å². The highest BCUT2D eigenvalue weighted by Gasteiger charge is 2.23. The highest BCUT2D eigenvalue weighted by Crippen LogP contribution is 2.36. The number of guanidine groups is 1. The van der Waals surface area contributed by atoms with E-state index in [2.05, 4.69) is 26.3 Å². The number of phenols is 2. The van der Waals surface area contributed by atoms with Crippen molar-refractivity contribution in [3.8, 4) is 11.5 Å². The summed E-state index contributed by atoms with van der Waals surface area (Å²) >= 11 is 11.8. The number of phenolic OH excluding ortho intramolecular Hbond substituents is 2. The Morgan fingerprint density at radius 2 is 1.92 bits per heavy atom. The standard InChI is InChI=1S/C22H22Cl2FN5O6/c23-11-3-15(20(35)16(24)4-11)17(6-19(33)34)30-18(32)9-26-21(36)10-1-13(5-14(31)2-10)29-22-27-7-12(25)8-28-22/h1-5,12,17,31,35H,6-9H2,(H,26,36)(H,30,32)(H,33,34)(H2,27,28,29)/t17-/m1/s1. The first-order valence-electron chi connectivity index (χ1n) is 10.5. The molecule has 0 aromatic heterocycles. The van der Waals surface area contributed by atoms with Gasteiger partial charge in [0.15, 0.2) is 5.96 Å². The van der Waals surface area contributed by atoms with Gasteiger partial charge in [-0.05, 0) is 24.3 Å². The normalized spacial score (nSPS) is 15.8. The average molecular weight is 542 g/mol. The number of amides is 2. The van der Waals surface area contributed by atoms with E-state index < -0.39 is 48.7 Å². The number of carboxylic acids is 1. The van der Waals surface area contributed by atoms with E-state index in [1.807, 2.05) is 0 Å². The minimum absolute atomic E-state index is 0.00316. The van der Waals surface area contributed by atoms with Crippen LogP contribution >= 0.6 is 23.2 Å². The maximum Gasteiger partial charge on any atom is 0.305 e. The fraction of sp³-hybridized carbons (Fsp3) is 0.273. The van der Waals surface area contributed by atoms with Crippen LogP contribution in [-0.2, 0) is 9.59 Å². The number of carbonyl (C=O) groups excluding carboxylic acids is 2. The zero-order valence-electron chi connectivity index (χ0n) is 18.5. The Kier molecular flexibility index (Phi) is 8.78. The molecule has 2 amide bonds. The number of carboxylic acid groups (broad SMARTS) is 1. The lowest BCUT2D eigenvalue weighted by Crippen LogP contribution is -2.41. The second kappa shape index (κ2) is 11.8. The van der Waals surface area contributed by atoms with E-state index in [4.69, 9.17) is 23.2 Å². The van der Waals surface area contributed by atoms with Crippen LogP contribution in [0, 0.1) is 0 Å². The van der Waals surface area contributed by atoms with E-state index in [1.54, 1.807) is 0 Å². The van der Waals surface area contributed by atoms with Crippen molar-refractivity contribution in [1.82, 2.24) is 16.0 Å². The first kappa shape index (κ1) is 26.8. The molecule has 2 aromatic carbocycles. The van der Waals surface area contributed by atoms with E-state index in [9.17, 15) is 34.1 Å². The molecule has 1 aliphatic rings. The van der Waals surface area contributed by atoms with Gasteiger partial charge in [-0.3, -0.25) is 14.4 Å². The predicted molar refractivity (Wildman–Crippen MR) is 131 cm³/mol. The van der Waals surface area contributed by atoms with Crippen molar-refractivity contribution in [3.05, 3.63) is 51.5 Å². The van der Waals surface area contributed by atoms with E-state index in [0.29, 0.717) is 5.69 Å². The SMILES string of the molecule is O=C(O)C[C@@H](NC(=O)CNC(=O)c1cc(O)cc(NC2=NCC(F)CN2)c1)c1cc(Cl)cc(Cl)c1O. The number of aromatic hydroxyl groups is 2. The van der Waals surface area contributed by atoms with Crippen LogP contribution in [0.5, 0.6) is 11.5 Å². The van der Waals surface area contributed by atoms with Crippen LogP contribution < -0.4 is 21.3 Å². The molecule has 2 atom stereocenters. The maximum absolute atomic E-state index is 13.2. The molecular formula is C22H22Cl2FN5O6. The van der Waals surface area contributed by atoms with Crippen molar-refractivity contribution in [3.63, 3.8) is 0 Å². The molecule has 14 heteroatoms. The molecule has 0 saturated carbocycles. The fourth-order valence-corrected chi connectivity index (χ4v) is 3.84. The third-order valence-electron chi connectivity index (χ3n) is 4.94. The molecule has 3 rings (SSSR count). The topological polar surface area (TPSA) is 172 Å². The van der Waals surface area contributed by atoms with Gasteiger partial charge < -0.3 is 36.6 Å². The van der Waals surface area contributed by atoms with Gasteiger partial charge in [0.05, 0.1) is 37.1 Å². The number of alkyl halides is 1. The minimum atomic E-state index is -1.27. The Morgan fingerprint density at radius 3 is 2.58 bits per heavy atom. The van der Waals surface area contributed by atoms with Crippen molar-refractivity contribution in [2.75, 3.05) is 25.0 Å². The molecule has 0 fully saturated rings. The molecule has 7 N–H and O–H groups in total. The van der Waals surface area contributed by atoms with Gasteiger partial charge in [-0.15, -0.1) is 0 Å². The van der Waals surface area contributed by atoms with E-state index in [-0.39, 0.29) is 46.0 Å². The Labute approximate surface area is 214 Å². The van der Waals surface area contributed by atoms with E-state index in [1.165, 1.54) is 30.3 Å². The van der Waals surface area contributed by atoms with Gasteiger partial charge in [0.2, 0.25) is 5.91 Å². The third kappa shape index (κ3) is 7.36. The number of hydrogen-bond donors (Lipinski definition) is 7. The number of halogens is 3. The molecule has 0 saturated heterocycles. The van der Waals surface area contributed by atoms with Gasteiger partial charge in [0.25, 0.3) is 5.91 Å². The number of carbonyl (C=O) groups is 3. The summed E-state index contributed by atoms with van der Waals surface area (Å²) in [5.41, 5.74) is 0.297. The highest BCUT2D eigenvalue weighted by atomic mass is 35.5. The second-order valence-corrected chi connectivity index (χ2v) is 8.63. The fourth-order valence-electron chi connectivity index (χ4n) is 3.33. The summed E-state index contributed by atoms with van der Waals surface area (Å²) in [6, 6.07) is 5.23. The lowest BCUT2D eigenvalue weighted by molar-refractivity contribution is -0.137. The molecule has 0 bridgehead atoms. The van der Waals surface area contributed by atoms with Crippen LogP contribution in [0.15, 0.2) is 35.3 Å². The monoisotopic (exact) mass is 541 g/mol. The number of anilines is 1. The summed E-state index contributed by atoms with van der Waals surface area (Å²) in [7, 11) is 0. The van der Waals surface area contributed by atoms with Gasteiger partial charge in [-0.25, -0.2) is 9.38 Å². The van der Waals surface area contributed by atoms with Crippen molar-refractivity contribution < 1.29 is 34.1 Å². The number of aliphatic carboxylic acids is 1. The minimum Gasteiger partial charge on any atom is -0.508 e. The van der Waals surface area contributed by atoms with Gasteiger partial charge in [0.1, 0.15) is 17.7 Å². The Bertz CT molecular complexity index is 1210. The number of aliphatic imine (C=N–C) groups is 1. The summed E-state index contributed by atoms with van der Waals surface area (Å²) in [4.78, 5) is 40.3. The molecule has 36 heavy (non-hydrogen) atoms. The van der Waals surface area contributed by atoms with Gasteiger partial charge >= 0.3 is 5.97 Å². The third-order valence-corrected chi connectivity index (χ3v) is 5.44. The zero-order valence-corrected chi connectivity index (χ0v) is 20.0. The summed E-state index contributed by atoms with van der Waals surface area (Å²) in [6.07, 6.45) is -1.70. The van der Waals surface area contributed by atoms with Crippen molar-refractivity contribution in [2.24, 2.45) is 4.99 Å². The summed E-state index contributed by atoms with van der Waals surface area (Å²) in [5.74, 6) is -3.15. The van der Waals surface area contributed by atoms with Crippen molar-refractivity contribution in [1.29, 1.82) is 0 Å². The number of nitrogens with zero attached hydrogens (tertiary/aromatic N) is 1. The van der Waals surface area contributed by atoms with Crippen LogP contribution in [0.25, 0.3) is 0 Å². The molecule has 11 nitrogen and oxygen atoms in total. The summed E-state index contributed by atoms with van der Waals surface area (Å²) in [5, 5.41) is 39.7. The Balaban J connectivity index is 1.66. The molecule has 0 radical (unpaired) electrons. The van der Waals surface area contributed by atoms with Gasteiger partial charge in [-0.2, -0.15) is 0 Å². The zero-order chi connectivity index (χ0) is 26.4. The maximum atomic E-state index is 13.2. The highest BCUT2D eigenvalue weighted by molar-refractivity contribution is 6.35. The van der Waals surface area contributed by atoms with Crippen LogP contribution in [0.3, 0.4) is 0 Å². The molecule has 1 unspecified atom stereocenters. The molecule has 2 aromatic rings. The van der Waals surface area contributed by atoms with Gasteiger partial charge in [0, 0.05) is 27.9 Å². The van der Waals surface area contributed by atoms with E-state index in [0.717, 1.165) is 0 Å². The van der Waals surface area contributed by atoms with Gasteiger partial charge in [-0.1, -0.05) is 23.2 Å². The number of benzene rings is 2. The Hall–Kier alpha value is -3.77. The summed E-state index contributed by atoms with van der Waals surface area (Å²) < 4.78 is 13.2. The quantitative estimate of drug-likeness (QED) is 0.266. The number of hydrogen-bond acceptors (Lipinski definition) is 8.